The number of halogens is 4. The number of nitrogens with zero attached hydrogens (tertiary/aromatic N) is 4. The Labute approximate surface area is 273 Å². The monoisotopic (exact) mass is 716 g/mol. The number of benzene rings is 2. The van der Waals surface area contributed by atoms with E-state index in [1.807, 2.05) is 0 Å². The second-order valence-corrected chi connectivity index (χ2v) is 13.7. The highest BCUT2D eigenvalue weighted by molar-refractivity contribution is 7.84. The first-order valence-corrected chi connectivity index (χ1v) is 17.3. The largest absolute Gasteiger partial charge is 0.478 e. The molecule has 2 atom stereocenters. The molecule has 0 aliphatic carbocycles. The van der Waals surface area contributed by atoms with E-state index < -0.39 is 102 Å². The van der Waals surface area contributed by atoms with Gasteiger partial charge >= 0.3 is 17.3 Å². The van der Waals surface area contributed by atoms with Crippen LogP contribution in [0.15, 0.2) is 68.0 Å². The Balaban J connectivity index is 2.14. The SMILES string of the molecule is CS(=O)CCn1c(=O)c(-c2cccc(F)c2Cl)cn(C(C(=O)O)n2cc(-c3cccc(F)c3Cl)c(=O)n(CCS(C)=O)c2=O)c1=O. The highest BCUT2D eigenvalue weighted by Gasteiger charge is 2.30. The lowest BCUT2D eigenvalue weighted by molar-refractivity contribution is -0.142. The zero-order valence-corrected chi connectivity index (χ0v) is 27.1. The molecule has 0 saturated carbocycles. The van der Waals surface area contributed by atoms with E-state index >= 15 is 0 Å². The van der Waals surface area contributed by atoms with Crippen LogP contribution < -0.4 is 22.5 Å². The van der Waals surface area contributed by atoms with Gasteiger partial charge in [0.25, 0.3) is 11.1 Å². The molecule has 46 heavy (non-hydrogen) atoms. The summed E-state index contributed by atoms with van der Waals surface area (Å²) in [7, 11) is -3.04. The van der Waals surface area contributed by atoms with Gasteiger partial charge in [-0.05, 0) is 12.1 Å². The lowest BCUT2D eigenvalue weighted by atomic mass is 10.1. The average molecular weight is 718 g/mol. The molecular weight excluding hydrogens is 693 g/mol. The highest BCUT2D eigenvalue weighted by Crippen LogP contribution is 2.29. The number of carboxylic acid groups (broad SMARTS) is 1. The van der Waals surface area contributed by atoms with Gasteiger partial charge in [-0.1, -0.05) is 47.5 Å². The fourth-order valence-corrected chi connectivity index (χ4v) is 5.93. The molecular formula is C28H24Cl2F2N4O8S2. The third-order valence-electron chi connectivity index (χ3n) is 6.83. The summed E-state index contributed by atoms with van der Waals surface area (Å²) in [5, 5.41) is 9.39. The Morgan fingerprint density at radius 1 is 0.739 bits per heavy atom. The van der Waals surface area contributed by atoms with Crippen molar-refractivity contribution >= 4 is 50.8 Å². The Hall–Kier alpha value is -3.99. The average Bonchev–Trinajstić information content (AvgIpc) is 2.98. The number of rotatable bonds is 11. The smallest absolute Gasteiger partial charge is 0.348 e. The first-order valence-electron chi connectivity index (χ1n) is 13.1. The number of hydrogen-bond acceptors (Lipinski definition) is 7. The Morgan fingerprint density at radius 2 is 1.11 bits per heavy atom. The molecule has 2 heterocycles. The van der Waals surface area contributed by atoms with Crippen molar-refractivity contribution in [1.29, 1.82) is 0 Å². The van der Waals surface area contributed by atoms with Crippen molar-refractivity contribution in [2.24, 2.45) is 0 Å². The van der Waals surface area contributed by atoms with Crippen molar-refractivity contribution in [1.82, 2.24) is 18.3 Å². The van der Waals surface area contributed by atoms with E-state index in [9.17, 15) is 46.3 Å². The second-order valence-electron chi connectivity index (χ2n) is 9.85. The molecule has 2 unspecified atom stereocenters. The predicted molar refractivity (Wildman–Crippen MR) is 171 cm³/mol. The summed E-state index contributed by atoms with van der Waals surface area (Å²) < 4.78 is 54.7. The van der Waals surface area contributed by atoms with Crippen LogP contribution >= 0.6 is 23.2 Å². The predicted octanol–water partition coefficient (Wildman–Crippen LogP) is 2.14. The van der Waals surface area contributed by atoms with Crippen molar-refractivity contribution in [2.75, 3.05) is 24.0 Å². The molecule has 0 aliphatic rings. The molecule has 4 aromatic rings. The van der Waals surface area contributed by atoms with Crippen LogP contribution in [0.1, 0.15) is 6.17 Å². The molecule has 0 aliphatic heterocycles. The van der Waals surface area contributed by atoms with E-state index in [0.717, 1.165) is 24.5 Å². The molecule has 2 aromatic heterocycles. The van der Waals surface area contributed by atoms with Crippen LogP contribution in [0.4, 0.5) is 8.78 Å². The maximum Gasteiger partial charge on any atom is 0.348 e. The maximum absolute atomic E-state index is 14.4. The van der Waals surface area contributed by atoms with Crippen LogP contribution in [0.2, 0.25) is 10.0 Å². The summed E-state index contributed by atoms with van der Waals surface area (Å²) in [6.07, 6.45) is 1.86. The summed E-state index contributed by atoms with van der Waals surface area (Å²) in [5.41, 5.74) is -5.86. The van der Waals surface area contributed by atoms with Gasteiger partial charge in [-0.2, -0.15) is 0 Å². The van der Waals surface area contributed by atoms with Crippen LogP contribution in [-0.4, -0.2) is 61.8 Å². The molecule has 0 saturated heterocycles. The third kappa shape index (κ3) is 6.89. The van der Waals surface area contributed by atoms with Crippen molar-refractivity contribution < 1.29 is 27.1 Å². The maximum atomic E-state index is 14.4. The zero-order valence-electron chi connectivity index (χ0n) is 23.9. The van der Waals surface area contributed by atoms with E-state index in [4.69, 9.17) is 23.2 Å². The van der Waals surface area contributed by atoms with Crippen LogP contribution in [0, 0.1) is 11.6 Å². The molecule has 0 bridgehead atoms. The number of hydrogen-bond donors (Lipinski definition) is 1. The van der Waals surface area contributed by atoms with Crippen LogP contribution in [0.25, 0.3) is 22.3 Å². The van der Waals surface area contributed by atoms with Gasteiger partial charge in [0.05, 0.1) is 21.2 Å². The van der Waals surface area contributed by atoms with E-state index in [0.29, 0.717) is 18.3 Å². The number of aromatic nitrogens is 4. The summed E-state index contributed by atoms with van der Waals surface area (Å²) in [5.74, 6) is -4.12. The van der Waals surface area contributed by atoms with Gasteiger partial charge in [0.1, 0.15) is 11.6 Å². The van der Waals surface area contributed by atoms with Crippen molar-refractivity contribution in [3.63, 3.8) is 0 Å². The molecule has 0 radical (unpaired) electrons. The van der Waals surface area contributed by atoms with Gasteiger partial charge in [-0.15, -0.1) is 0 Å². The summed E-state index contributed by atoms with van der Waals surface area (Å²) in [6, 6.07) is 6.95. The molecule has 12 nitrogen and oxygen atoms in total. The molecule has 4 rings (SSSR count). The Bertz CT molecular complexity index is 2020. The fourth-order valence-electron chi connectivity index (χ4n) is 4.59. The Kier molecular flexibility index (Phi) is 10.8. The molecule has 0 amide bonds. The van der Waals surface area contributed by atoms with Gasteiger partial charge in [0.2, 0.25) is 6.17 Å². The molecule has 1 N–H and O–H groups in total. The highest BCUT2D eigenvalue weighted by atomic mass is 35.5. The normalized spacial score (nSPS) is 13.3. The van der Waals surface area contributed by atoms with Gasteiger partial charge in [0, 0.05) is 82.2 Å². The topological polar surface area (TPSA) is 159 Å². The summed E-state index contributed by atoms with van der Waals surface area (Å²) in [6.45, 7) is -0.927. The van der Waals surface area contributed by atoms with Crippen molar-refractivity contribution in [3.8, 4) is 22.3 Å². The quantitative estimate of drug-likeness (QED) is 0.247. The molecule has 2 aromatic carbocycles. The fraction of sp³-hybridized carbons (Fsp3) is 0.250. The number of carbonyl (C=O) groups is 1. The molecule has 18 heteroatoms. The third-order valence-corrected chi connectivity index (χ3v) is 9.11. The summed E-state index contributed by atoms with van der Waals surface area (Å²) >= 11 is 12.3. The molecule has 0 spiro atoms. The van der Waals surface area contributed by atoms with Crippen LogP contribution in [-0.2, 0) is 39.5 Å². The minimum atomic E-state index is -2.31. The second kappa shape index (κ2) is 14.2. The first kappa shape index (κ1) is 34.9. The molecule has 244 valence electrons. The van der Waals surface area contributed by atoms with Crippen LogP contribution in [0.3, 0.4) is 0 Å². The van der Waals surface area contributed by atoms with Crippen LogP contribution in [0.5, 0.6) is 0 Å². The van der Waals surface area contributed by atoms with Gasteiger partial charge < -0.3 is 5.11 Å². The van der Waals surface area contributed by atoms with Crippen molar-refractivity contribution in [3.05, 3.63) is 112 Å². The Morgan fingerprint density at radius 3 is 1.43 bits per heavy atom. The zero-order chi connectivity index (χ0) is 34.0. The first-order chi connectivity index (χ1) is 21.6. The number of carboxylic acids is 1. The minimum absolute atomic E-state index is 0.214. The van der Waals surface area contributed by atoms with Gasteiger partial charge in [-0.3, -0.25) is 36.3 Å². The van der Waals surface area contributed by atoms with Gasteiger partial charge in [-0.25, -0.2) is 23.2 Å². The van der Waals surface area contributed by atoms with E-state index in [1.165, 1.54) is 36.8 Å². The standard InChI is InChI=1S/C28H24Cl2F2N4O8S2/c1-45(43)11-9-33-24(37)17(15-5-3-7-19(31)21(15)29)13-35(27(33)41)23(26(39)40)36-14-18(16-6-4-8-20(32)22(16)30)25(38)34(28(36)42)10-12-46(2)44/h3-8,13-14,23H,9-12H2,1-2H3,(H,39,40). The summed E-state index contributed by atoms with van der Waals surface area (Å²) in [4.78, 5) is 67.4. The van der Waals surface area contributed by atoms with Crippen molar-refractivity contribution in [2.45, 2.75) is 19.3 Å². The molecule has 0 fully saturated rings. The lowest BCUT2D eigenvalue weighted by Crippen LogP contribution is -2.50. The van der Waals surface area contributed by atoms with Gasteiger partial charge in [0.15, 0.2) is 0 Å². The number of aliphatic carboxylic acids is 1. The minimum Gasteiger partial charge on any atom is -0.478 e. The van der Waals surface area contributed by atoms with E-state index in [-0.39, 0.29) is 22.6 Å². The van der Waals surface area contributed by atoms with E-state index in [2.05, 4.69) is 0 Å². The lowest BCUT2D eigenvalue weighted by Gasteiger charge is -2.22. The van der Waals surface area contributed by atoms with E-state index in [1.54, 1.807) is 0 Å².